The Bertz CT molecular complexity index is 955. The van der Waals surface area contributed by atoms with Gasteiger partial charge in [-0.1, -0.05) is 23.7 Å². The smallest absolute Gasteiger partial charge is 0.247 e. The lowest BCUT2D eigenvalue weighted by atomic mass is 10.1. The lowest BCUT2D eigenvalue weighted by molar-refractivity contribution is -0.121. The number of primary amides is 1. The highest BCUT2D eigenvalue weighted by atomic mass is 79.9. The summed E-state index contributed by atoms with van der Waals surface area (Å²) in [7, 11) is -1.79. The molecule has 1 unspecified atom stereocenters. The highest BCUT2D eigenvalue weighted by Crippen LogP contribution is 2.38. The van der Waals surface area contributed by atoms with E-state index in [4.69, 9.17) is 22.1 Å². The van der Waals surface area contributed by atoms with Crippen molar-refractivity contribution in [2.24, 2.45) is 5.73 Å². The number of hydrogen-bond acceptors (Lipinski definition) is 4. The maximum atomic E-state index is 13.5. The van der Waals surface area contributed by atoms with E-state index in [-0.39, 0.29) is 21.2 Å². The van der Waals surface area contributed by atoms with Gasteiger partial charge in [0.05, 0.1) is 11.6 Å². The van der Waals surface area contributed by atoms with E-state index in [1.54, 1.807) is 0 Å². The highest BCUT2D eigenvalue weighted by Gasteiger charge is 2.35. The fraction of sp³-hybridized carbons (Fsp3) is 0.188. The molecule has 0 aliphatic rings. The number of likely N-dealkylation sites (N-methyl/N-ethyl adjacent to an activating group) is 1. The SMILES string of the molecule is COc1c(Br)cc(Cl)cc1S(=O)(=O)N(C)C(C(N)=O)c1cccc(F)c1. The van der Waals surface area contributed by atoms with Gasteiger partial charge in [0.1, 0.15) is 16.8 Å². The number of amides is 1. The summed E-state index contributed by atoms with van der Waals surface area (Å²) in [4.78, 5) is 11.7. The Morgan fingerprint density at radius 2 is 2.00 bits per heavy atom. The molecule has 6 nitrogen and oxygen atoms in total. The molecule has 1 atom stereocenters. The minimum Gasteiger partial charge on any atom is -0.494 e. The third kappa shape index (κ3) is 4.01. The second kappa shape index (κ2) is 7.91. The van der Waals surface area contributed by atoms with Crippen molar-refractivity contribution in [2.45, 2.75) is 10.9 Å². The van der Waals surface area contributed by atoms with Crippen molar-refractivity contribution >= 4 is 43.5 Å². The predicted octanol–water partition coefficient (Wildman–Crippen LogP) is 3.10. The molecular formula is C16H15BrClFN2O4S. The van der Waals surface area contributed by atoms with Gasteiger partial charge < -0.3 is 10.5 Å². The van der Waals surface area contributed by atoms with E-state index in [2.05, 4.69) is 15.9 Å². The van der Waals surface area contributed by atoms with Gasteiger partial charge in [0.25, 0.3) is 0 Å². The largest absolute Gasteiger partial charge is 0.494 e. The van der Waals surface area contributed by atoms with E-state index >= 15 is 0 Å². The Kier molecular flexibility index (Phi) is 6.28. The number of nitrogens with two attached hydrogens (primary N) is 1. The van der Waals surface area contributed by atoms with Crippen LogP contribution in [0.3, 0.4) is 0 Å². The third-order valence-corrected chi connectivity index (χ3v) is 6.27. The Morgan fingerprint density at radius 3 is 2.54 bits per heavy atom. The fourth-order valence-corrected chi connectivity index (χ4v) is 5.14. The van der Waals surface area contributed by atoms with Crippen molar-refractivity contribution in [3.05, 3.63) is 57.3 Å². The molecule has 0 bridgehead atoms. The van der Waals surface area contributed by atoms with Crippen molar-refractivity contribution < 1.29 is 22.3 Å². The van der Waals surface area contributed by atoms with Crippen LogP contribution < -0.4 is 10.5 Å². The average molecular weight is 466 g/mol. The van der Waals surface area contributed by atoms with Gasteiger partial charge in [-0.05, 0) is 45.8 Å². The Morgan fingerprint density at radius 1 is 1.35 bits per heavy atom. The summed E-state index contributed by atoms with van der Waals surface area (Å²) in [5, 5.41) is 0.144. The van der Waals surface area contributed by atoms with Crippen LogP contribution >= 0.6 is 27.5 Å². The van der Waals surface area contributed by atoms with Crippen LogP contribution in [-0.4, -0.2) is 32.8 Å². The summed E-state index contributed by atoms with van der Waals surface area (Å²) in [6.07, 6.45) is 0. The van der Waals surface area contributed by atoms with Gasteiger partial charge in [-0.3, -0.25) is 4.79 Å². The van der Waals surface area contributed by atoms with Crippen molar-refractivity contribution in [1.82, 2.24) is 4.31 Å². The van der Waals surface area contributed by atoms with Gasteiger partial charge in [-0.15, -0.1) is 0 Å². The van der Waals surface area contributed by atoms with Gasteiger partial charge in [0, 0.05) is 12.1 Å². The number of ether oxygens (including phenoxy) is 1. The minimum atomic E-state index is -4.26. The molecule has 140 valence electrons. The first-order chi connectivity index (χ1) is 12.1. The van der Waals surface area contributed by atoms with Crippen LogP contribution in [0.4, 0.5) is 4.39 Å². The van der Waals surface area contributed by atoms with E-state index in [1.807, 2.05) is 0 Å². The molecule has 26 heavy (non-hydrogen) atoms. The van der Waals surface area contributed by atoms with Crippen molar-refractivity contribution in [3.8, 4) is 5.75 Å². The van der Waals surface area contributed by atoms with Gasteiger partial charge >= 0.3 is 0 Å². The zero-order valence-electron chi connectivity index (χ0n) is 13.7. The number of nitrogens with zero attached hydrogens (tertiary/aromatic N) is 1. The first-order valence-corrected chi connectivity index (χ1v) is 9.76. The summed E-state index contributed by atoms with van der Waals surface area (Å²) in [5.74, 6) is -1.56. The summed E-state index contributed by atoms with van der Waals surface area (Å²) in [5.41, 5.74) is 5.49. The van der Waals surface area contributed by atoms with E-state index in [9.17, 15) is 17.6 Å². The predicted molar refractivity (Wildman–Crippen MR) is 99.0 cm³/mol. The molecule has 0 saturated heterocycles. The molecule has 2 aromatic carbocycles. The molecule has 0 heterocycles. The van der Waals surface area contributed by atoms with Crippen LogP contribution in [0.5, 0.6) is 5.75 Å². The second-order valence-corrected chi connectivity index (χ2v) is 8.56. The van der Waals surface area contributed by atoms with Crippen LogP contribution in [-0.2, 0) is 14.8 Å². The first kappa shape index (κ1) is 20.6. The molecule has 10 heteroatoms. The summed E-state index contributed by atoms with van der Waals surface area (Å²) >= 11 is 9.15. The summed E-state index contributed by atoms with van der Waals surface area (Å²) < 4.78 is 45.9. The fourth-order valence-electron chi connectivity index (χ4n) is 2.45. The van der Waals surface area contributed by atoms with Crippen LogP contribution in [0.15, 0.2) is 45.8 Å². The molecule has 2 N–H and O–H groups in total. The van der Waals surface area contributed by atoms with E-state index < -0.39 is 27.8 Å². The Balaban J connectivity index is 2.62. The quantitative estimate of drug-likeness (QED) is 0.710. The van der Waals surface area contributed by atoms with Crippen molar-refractivity contribution in [3.63, 3.8) is 0 Å². The van der Waals surface area contributed by atoms with Crippen LogP contribution in [0.25, 0.3) is 0 Å². The standard InChI is InChI=1S/C16H15BrClFN2O4S/c1-21(14(16(20)22)9-4-3-5-11(19)6-9)26(23,24)13-8-10(18)7-12(17)15(13)25-2/h3-8,14H,1-2H3,(H2,20,22). The van der Waals surface area contributed by atoms with E-state index in [1.165, 1.54) is 44.5 Å². The maximum Gasteiger partial charge on any atom is 0.247 e. The molecule has 1 amide bonds. The molecule has 0 aliphatic heterocycles. The molecule has 0 radical (unpaired) electrons. The van der Waals surface area contributed by atoms with Crippen LogP contribution in [0.2, 0.25) is 5.02 Å². The third-order valence-electron chi connectivity index (χ3n) is 3.63. The molecule has 0 aliphatic carbocycles. The lowest BCUT2D eigenvalue weighted by Gasteiger charge is -2.26. The molecule has 0 fully saturated rings. The van der Waals surface area contributed by atoms with E-state index in [0.717, 1.165) is 10.4 Å². The zero-order valence-corrected chi connectivity index (χ0v) is 16.9. The minimum absolute atomic E-state index is 0.0173. The number of sulfonamides is 1. The topological polar surface area (TPSA) is 89.7 Å². The van der Waals surface area contributed by atoms with Gasteiger partial charge in [-0.2, -0.15) is 4.31 Å². The normalized spacial score (nSPS) is 12.8. The maximum absolute atomic E-state index is 13.5. The average Bonchev–Trinajstić information content (AvgIpc) is 2.54. The molecule has 0 saturated carbocycles. The highest BCUT2D eigenvalue weighted by molar-refractivity contribution is 9.10. The lowest BCUT2D eigenvalue weighted by Crippen LogP contribution is -2.39. The molecule has 2 rings (SSSR count). The van der Waals surface area contributed by atoms with Crippen LogP contribution in [0, 0.1) is 5.82 Å². The Hall–Kier alpha value is -1.68. The summed E-state index contributed by atoms with van der Waals surface area (Å²) in [6, 6.07) is 6.24. The molecule has 0 aromatic heterocycles. The van der Waals surface area contributed by atoms with Crippen molar-refractivity contribution in [1.29, 1.82) is 0 Å². The van der Waals surface area contributed by atoms with Crippen LogP contribution in [0.1, 0.15) is 11.6 Å². The summed E-state index contributed by atoms with van der Waals surface area (Å²) in [6.45, 7) is 0. The van der Waals surface area contributed by atoms with Gasteiger partial charge in [0.2, 0.25) is 15.9 Å². The number of halogens is 3. The number of carbonyl (C=O) groups excluding carboxylic acids is 1. The number of methoxy groups -OCH3 is 1. The number of carbonyl (C=O) groups is 1. The molecular weight excluding hydrogens is 451 g/mol. The number of benzene rings is 2. The van der Waals surface area contributed by atoms with Gasteiger partial charge in [0.15, 0.2) is 5.75 Å². The van der Waals surface area contributed by atoms with Gasteiger partial charge in [-0.25, -0.2) is 12.8 Å². The number of rotatable bonds is 6. The van der Waals surface area contributed by atoms with E-state index in [0.29, 0.717) is 4.47 Å². The number of hydrogen-bond donors (Lipinski definition) is 1. The van der Waals surface area contributed by atoms with Crippen molar-refractivity contribution in [2.75, 3.05) is 14.2 Å². The molecule has 0 spiro atoms. The molecule has 2 aromatic rings. The zero-order chi connectivity index (χ0) is 19.6. The first-order valence-electron chi connectivity index (χ1n) is 7.15. The monoisotopic (exact) mass is 464 g/mol. The second-order valence-electron chi connectivity index (χ2n) is 5.30. The Labute approximate surface area is 163 Å².